The van der Waals surface area contributed by atoms with E-state index in [0.29, 0.717) is 31.0 Å². The summed E-state index contributed by atoms with van der Waals surface area (Å²) in [5.74, 6) is -0.250. The first-order chi connectivity index (χ1) is 11.0. The molecule has 1 spiro atoms. The molecule has 0 aliphatic carbocycles. The lowest BCUT2D eigenvalue weighted by Crippen LogP contribution is -2.39. The third-order valence-electron chi connectivity index (χ3n) is 4.28. The molecule has 2 aromatic rings. The molecule has 2 aliphatic rings. The SMILES string of the molecule is CN1CC2(CCN(C(=O)c3cc(=O)nc4sccn34)C2)OC1=O. The van der Waals surface area contributed by atoms with Gasteiger partial charge in [0, 0.05) is 37.7 Å². The van der Waals surface area contributed by atoms with Gasteiger partial charge in [0.15, 0.2) is 10.6 Å². The first-order valence-electron chi connectivity index (χ1n) is 7.18. The number of fused-ring (bicyclic) bond motifs is 1. The molecule has 2 aliphatic heterocycles. The Balaban J connectivity index is 1.64. The van der Waals surface area contributed by atoms with Crippen molar-refractivity contribution in [2.24, 2.45) is 0 Å². The van der Waals surface area contributed by atoms with Crippen molar-refractivity contribution in [1.82, 2.24) is 19.2 Å². The molecule has 4 heterocycles. The van der Waals surface area contributed by atoms with E-state index in [9.17, 15) is 14.4 Å². The lowest BCUT2D eigenvalue weighted by molar-refractivity contribution is 0.0549. The molecule has 8 nitrogen and oxygen atoms in total. The van der Waals surface area contributed by atoms with E-state index in [0.717, 1.165) is 0 Å². The highest BCUT2D eigenvalue weighted by Gasteiger charge is 2.49. The van der Waals surface area contributed by atoms with E-state index in [1.807, 2.05) is 0 Å². The Morgan fingerprint density at radius 1 is 1.39 bits per heavy atom. The first-order valence-corrected chi connectivity index (χ1v) is 8.06. The summed E-state index contributed by atoms with van der Waals surface area (Å²) in [5.41, 5.74) is -0.777. The van der Waals surface area contributed by atoms with Crippen LogP contribution in [0.3, 0.4) is 0 Å². The van der Waals surface area contributed by atoms with Gasteiger partial charge in [0.2, 0.25) is 0 Å². The fraction of sp³-hybridized carbons (Fsp3) is 0.429. The van der Waals surface area contributed by atoms with Crippen molar-refractivity contribution in [3.05, 3.63) is 33.7 Å². The third kappa shape index (κ3) is 2.19. The molecular weight excluding hydrogens is 320 g/mol. The molecule has 0 radical (unpaired) electrons. The number of thiazole rings is 1. The molecule has 2 aromatic heterocycles. The zero-order chi connectivity index (χ0) is 16.2. The van der Waals surface area contributed by atoms with Gasteiger partial charge in [0.1, 0.15) is 5.69 Å². The zero-order valence-corrected chi connectivity index (χ0v) is 13.2. The molecule has 2 saturated heterocycles. The van der Waals surface area contributed by atoms with Crippen LogP contribution in [-0.2, 0) is 4.74 Å². The summed E-state index contributed by atoms with van der Waals surface area (Å²) in [6.07, 6.45) is 1.95. The van der Waals surface area contributed by atoms with Crippen molar-refractivity contribution in [3.63, 3.8) is 0 Å². The van der Waals surface area contributed by atoms with E-state index in [1.165, 1.54) is 22.3 Å². The minimum absolute atomic E-state index is 0.250. The molecule has 120 valence electrons. The molecule has 0 saturated carbocycles. The Labute approximate surface area is 134 Å². The normalized spacial score (nSPS) is 24.0. The second-order valence-electron chi connectivity index (χ2n) is 5.92. The van der Waals surface area contributed by atoms with E-state index in [1.54, 1.807) is 27.9 Å². The standard InChI is InChI=1S/C14H14N4O4S/c1-16-7-14(22-13(16)21)2-3-17(8-14)11(20)9-6-10(19)15-12-18(9)4-5-23-12/h4-6H,2-3,7-8H2,1H3. The van der Waals surface area contributed by atoms with Crippen molar-refractivity contribution in [2.75, 3.05) is 26.7 Å². The Morgan fingerprint density at radius 3 is 2.96 bits per heavy atom. The van der Waals surface area contributed by atoms with Gasteiger partial charge >= 0.3 is 6.09 Å². The molecule has 0 N–H and O–H groups in total. The summed E-state index contributed by atoms with van der Waals surface area (Å²) in [5, 5.41) is 1.78. The third-order valence-corrected chi connectivity index (χ3v) is 5.04. The second kappa shape index (κ2) is 4.79. The predicted molar refractivity (Wildman–Crippen MR) is 81.7 cm³/mol. The second-order valence-corrected chi connectivity index (χ2v) is 6.79. The van der Waals surface area contributed by atoms with Gasteiger partial charge in [-0.3, -0.25) is 14.0 Å². The summed E-state index contributed by atoms with van der Waals surface area (Å²) in [6, 6.07) is 1.25. The summed E-state index contributed by atoms with van der Waals surface area (Å²) in [4.78, 5) is 43.6. The van der Waals surface area contributed by atoms with E-state index in [2.05, 4.69) is 4.98 Å². The smallest absolute Gasteiger partial charge is 0.410 e. The molecule has 2 fully saturated rings. The number of carbonyl (C=O) groups is 2. The quantitative estimate of drug-likeness (QED) is 0.755. The molecule has 1 atom stereocenters. The maximum Gasteiger partial charge on any atom is 0.410 e. The van der Waals surface area contributed by atoms with Crippen LogP contribution in [0.1, 0.15) is 16.9 Å². The Morgan fingerprint density at radius 2 is 2.22 bits per heavy atom. The number of carbonyl (C=O) groups excluding carboxylic acids is 2. The molecule has 1 unspecified atom stereocenters. The number of nitrogens with zero attached hydrogens (tertiary/aromatic N) is 4. The lowest BCUT2D eigenvalue weighted by atomic mass is 10.0. The number of ether oxygens (including phenoxy) is 1. The van der Waals surface area contributed by atoms with Crippen molar-refractivity contribution in [2.45, 2.75) is 12.0 Å². The van der Waals surface area contributed by atoms with Crippen LogP contribution < -0.4 is 5.56 Å². The highest BCUT2D eigenvalue weighted by atomic mass is 32.1. The van der Waals surface area contributed by atoms with E-state index < -0.39 is 11.2 Å². The van der Waals surface area contributed by atoms with Crippen molar-refractivity contribution < 1.29 is 14.3 Å². The fourth-order valence-electron chi connectivity index (χ4n) is 3.20. The summed E-state index contributed by atoms with van der Waals surface area (Å²) in [6.45, 7) is 1.30. The van der Waals surface area contributed by atoms with Crippen LogP contribution >= 0.6 is 11.3 Å². The van der Waals surface area contributed by atoms with Crippen LogP contribution in [0.2, 0.25) is 0 Å². The molecule has 9 heteroatoms. The fourth-order valence-corrected chi connectivity index (χ4v) is 3.92. The van der Waals surface area contributed by atoms with Crippen LogP contribution in [0, 0.1) is 0 Å². The molecule has 0 aromatic carbocycles. The minimum atomic E-state index is -0.632. The average Bonchev–Trinajstić information content (AvgIpc) is 3.18. The highest BCUT2D eigenvalue weighted by Crippen LogP contribution is 2.32. The summed E-state index contributed by atoms with van der Waals surface area (Å²) in [7, 11) is 1.68. The maximum absolute atomic E-state index is 12.8. The monoisotopic (exact) mass is 334 g/mol. The minimum Gasteiger partial charge on any atom is -0.439 e. The summed E-state index contributed by atoms with van der Waals surface area (Å²) >= 11 is 1.30. The summed E-state index contributed by atoms with van der Waals surface area (Å²) < 4.78 is 7.07. The number of hydrogen-bond donors (Lipinski definition) is 0. The van der Waals surface area contributed by atoms with Crippen LogP contribution in [0.4, 0.5) is 4.79 Å². The van der Waals surface area contributed by atoms with Gasteiger partial charge in [-0.15, -0.1) is 11.3 Å². The molecular formula is C14H14N4O4S. The Hall–Kier alpha value is -2.42. The highest BCUT2D eigenvalue weighted by molar-refractivity contribution is 7.15. The van der Waals surface area contributed by atoms with Gasteiger partial charge in [-0.05, 0) is 0 Å². The van der Waals surface area contributed by atoms with E-state index >= 15 is 0 Å². The van der Waals surface area contributed by atoms with Crippen LogP contribution in [0.25, 0.3) is 4.96 Å². The predicted octanol–water partition coefficient (Wildman–Crippen LogP) is 0.423. The van der Waals surface area contributed by atoms with Crippen molar-refractivity contribution in [1.29, 1.82) is 0 Å². The van der Waals surface area contributed by atoms with Gasteiger partial charge < -0.3 is 14.5 Å². The van der Waals surface area contributed by atoms with Gasteiger partial charge in [0.25, 0.3) is 11.5 Å². The van der Waals surface area contributed by atoms with Gasteiger partial charge in [-0.1, -0.05) is 0 Å². The maximum atomic E-state index is 12.8. The van der Waals surface area contributed by atoms with Gasteiger partial charge in [0.05, 0.1) is 13.1 Å². The lowest BCUT2D eigenvalue weighted by Gasteiger charge is -2.21. The number of rotatable bonds is 1. The number of likely N-dealkylation sites (tertiary alicyclic amines) is 1. The topological polar surface area (TPSA) is 84.2 Å². The largest absolute Gasteiger partial charge is 0.439 e. The number of amides is 2. The molecule has 2 amide bonds. The number of likely N-dealkylation sites (N-methyl/N-ethyl adjacent to an activating group) is 1. The Kier molecular flexibility index (Phi) is 2.95. The molecule has 23 heavy (non-hydrogen) atoms. The zero-order valence-electron chi connectivity index (χ0n) is 12.4. The number of aromatic nitrogens is 2. The van der Waals surface area contributed by atoms with Crippen LogP contribution in [0.5, 0.6) is 0 Å². The van der Waals surface area contributed by atoms with Crippen molar-refractivity contribution in [3.8, 4) is 0 Å². The molecule has 4 rings (SSSR count). The Bertz CT molecular complexity index is 875. The number of hydrogen-bond acceptors (Lipinski definition) is 6. The van der Waals surface area contributed by atoms with E-state index in [4.69, 9.17) is 4.74 Å². The molecule has 0 bridgehead atoms. The van der Waals surface area contributed by atoms with Crippen LogP contribution in [-0.4, -0.2) is 63.5 Å². The van der Waals surface area contributed by atoms with Gasteiger partial charge in [-0.2, -0.15) is 4.98 Å². The van der Waals surface area contributed by atoms with Crippen molar-refractivity contribution >= 4 is 28.3 Å². The van der Waals surface area contributed by atoms with Gasteiger partial charge in [-0.25, -0.2) is 4.79 Å². The average molecular weight is 334 g/mol. The first kappa shape index (κ1) is 14.2. The van der Waals surface area contributed by atoms with E-state index in [-0.39, 0.29) is 17.7 Å². The van der Waals surface area contributed by atoms with Crippen LogP contribution in [0.15, 0.2) is 22.4 Å².